The zero-order valence-electron chi connectivity index (χ0n) is 17.4. The summed E-state index contributed by atoms with van der Waals surface area (Å²) in [6.45, 7) is 2.67. The molecule has 0 aliphatic carbocycles. The standard InChI is InChI=1S/C24H22FN5OS/c25-17-5-3-6-18(15-17)32-23-20(19-7-1-2-8-21(19)28-23)16-22(31)29-11-13-30(14-12-29)24-26-9-4-10-27-24/h1-10,15,28H,11-14,16H2. The maximum atomic E-state index is 13.7. The van der Waals surface area contributed by atoms with Crippen LogP contribution in [0.4, 0.5) is 10.3 Å². The number of carbonyl (C=O) groups is 1. The van der Waals surface area contributed by atoms with Gasteiger partial charge in [-0.3, -0.25) is 4.79 Å². The number of halogens is 1. The van der Waals surface area contributed by atoms with Crippen molar-refractivity contribution in [2.75, 3.05) is 31.1 Å². The first-order valence-electron chi connectivity index (χ1n) is 10.5. The van der Waals surface area contributed by atoms with E-state index in [4.69, 9.17) is 0 Å². The molecule has 0 atom stereocenters. The van der Waals surface area contributed by atoms with Crippen LogP contribution in [0.15, 0.2) is 76.9 Å². The average molecular weight is 448 g/mol. The fourth-order valence-electron chi connectivity index (χ4n) is 3.96. The first-order chi connectivity index (χ1) is 15.7. The number of amides is 1. The number of rotatable bonds is 5. The van der Waals surface area contributed by atoms with Crippen LogP contribution in [0.2, 0.25) is 0 Å². The molecule has 2 aromatic carbocycles. The van der Waals surface area contributed by atoms with E-state index >= 15 is 0 Å². The molecule has 1 aliphatic rings. The number of aromatic nitrogens is 3. The molecule has 8 heteroatoms. The molecule has 0 saturated carbocycles. The number of aromatic amines is 1. The Kier molecular flexibility index (Phi) is 5.77. The number of fused-ring (bicyclic) bond motifs is 1. The third kappa shape index (κ3) is 4.31. The van der Waals surface area contributed by atoms with Gasteiger partial charge < -0.3 is 14.8 Å². The number of nitrogens with zero attached hydrogens (tertiary/aromatic N) is 4. The van der Waals surface area contributed by atoms with Crippen molar-refractivity contribution in [2.24, 2.45) is 0 Å². The maximum absolute atomic E-state index is 13.7. The molecule has 0 radical (unpaired) electrons. The lowest BCUT2D eigenvalue weighted by Crippen LogP contribution is -2.49. The molecule has 4 aromatic rings. The molecular formula is C24H22FN5OS. The molecule has 6 nitrogen and oxygen atoms in total. The highest BCUT2D eigenvalue weighted by atomic mass is 32.2. The van der Waals surface area contributed by atoms with Crippen LogP contribution in [0.1, 0.15) is 5.56 Å². The smallest absolute Gasteiger partial charge is 0.227 e. The minimum absolute atomic E-state index is 0.0875. The summed E-state index contributed by atoms with van der Waals surface area (Å²) in [6, 6.07) is 16.3. The number of benzene rings is 2. The Morgan fingerprint density at radius 3 is 2.56 bits per heavy atom. The lowest BCUT2D eigenvalue weighted by Gasteiger charge is -2.34. The fourth-order valence-corrected chi connectivity index (χ4v) is 4.98. The SMILES string of the molecule is O=C(Cc1c(Sc2cccc(F)c2)[nH]c2ccccc12)N1CCN(c2ncccn2)CC1. The minimum Gasteiger partial charge on any atom is -0.349 e. The molecule has 1 saturated heterocycles. The average Bonchev–Trinajstić information content (AvgIpc) is 3.16. The Balaban J connectivity index is 1.34. The van der Waals surface area contributed by atoms with Crippen LogP contribution in [0, 0.1) is 5.82 Å². The molecule has 1 amide bonds. The van der Waals surface area contributed by atoms with Gasteiger partial charge in [-0.25, -0.2) is 14.4 Å². The third-order valence-corrected chi connectivity index (χ3v) is 6.63. The number of piperazine rings is 1. The largest absolute Gasteiger partial charge is 0.349 e. The second-order valence-corrected chi connectivity index (χ2v) is 8.71. The van der Waals surface area contributed by atoms with Crippen molar-refractivity contribution >= 4 is 34.5 Å². The molecule has 1 aliphatic heterocycles. The van der Waals surface area contributed by atoms with E-state index in [1.165, 1.54) is 23.9 Å². The number of carbonyl (C=O) groups excluding carboxylic acids is 1. The predicted molar refractivity (Wildman–Crippen MR) is 123 cm³/mol. The molecule has 3 heterocycles. The highest BCUT2D eigenvalue weighted by Crippen LogP contribution is 2.35. The normalized spacial score (nSPS) is 14.2. The van der Waals surface area contributed by atoms with Gasteiger partial charge in [-0.1, -0.05) is 36.0 Å². The Morgan fingerprint density at radius 2 is 1.78 bits per heavy atom. The van der Waals surface area contributed by atoms with Gasteiger partial charge in [0.15, 0.2) is 0 Å². The van der Waals surface area contributed by atoms with Crippen molar-refractivity contribution in [3.63, 3.8) is 0 Å². The molecule has 5 rings (SSSR count). The molecule has 162 valence electrons. The zero-order valence-corrected chi connectivity index (χ0v) is 18.2. The number of hydrogen-bond donors (Lipinski definition) is 1. The molecule has 0 spiro atoms. The van der Waals surface area contributed by atoms with Gasteiger partial charge >= 0.3 is 0 Å². The summed E-state index contributed by atoms with van der Waals surface area (Å²) in [4.78, 5) is 30.0. The summed E-state index contributed by atoms with van der Waals surface area (Å²) in [7, 11) is 0. The first-order valence-corrected chi connectivity index (χ1v) is 11.3. The molecule has 0 unspecified atom stereocenters. The number of para-hydroxylation sites is 1. The van der Waals surface area contributed by atoms with E-state index in [1.54, 1.807) is 24.5 Å². The monoisotopic (exact) mass is 447 g/mol. The number of H-pyrrole nitrogens is 1. The number of hydrogen-bond acceptors (Lipinski definition) is 5. The molecule has 32 heavy (non-hydrogen) atoms. The van der Waals surface area contributed by atoms with Gasteiger partial charge in [0.25, 0.3) is 0 Å². The second-order valence-electron chi connectivity index (χ2n) is 7.63. The third-order valence-electron chi connectivity index (χ3n) is 5.59. The number of nitrogens with one attached hydrogen (secondary N) is 1. The van der Waals surface area contributed by atoms with Crippen LogP contribution in [0.25, 0.3) is 10.9 Å². The Bertz CT molecular complexity index is 1240. The summed E-state index contributed by atoms with van der Waals surface area (Å²) >= 11 is 1.45. The van der Waals surface area contributed by atoms with Crippen molar-refractivity contribution in [1.29, 1.82) is 0 Å². The lowest BCUT2D eigenvalue weighted by molar-refractivity contribution is -0.130. The molecule has 0 bridgehead atoms. The van der Waals surface area contributed by atoms with Crippen LogP contribution in [-0.4, -0.2) is 51.9 Å². The summed E-state index contributed by atoms with van der Waals surface area (Å²) in [6.07, 6.45) is 3.76. The maximum Gasteiger partial charge on any atom is 0.227 e. The van der Waals surface area contributed by atoms with E-state index in [0.29, 0.717) is 38.5 Å². The molecule has 1 fully saturated rings. The highest BCUT2D eigenvalue weighted by Gasteiger charge is 2.24. The topological polar surface area (TPSA) is 65.1 Å². The van der Waals surface area contributed by atoms with Gasteiger partial charge in [0.1, 0.15) is 5.82 Å². The van der Waals surface area contributed by atoms with Crippen molar-refractivity contribution in [3.8, 4) is 0 Å². The molecule has 2 aromatic heterocycles. The quantitative estimate of drug-likeness (QED) is 0.498. The lowest BCUT2D eigenvalue weighted by atomic mass is 10.1. The zero-order chi connectivity index (χ0) is 21.9. The van der Waals surface area contributed by atoms with Gasteiger partial charge in [0.2, 0.25) is 11.9 Å². The summed E-state index contributed by atoms with van der Waals surface area (Å²) in [5.74, 6) is 0.512. The van der Waals surface area contributed by atoms with E-state index < -0.39 is 0 Å². The first kappa shape index (κ1) is 20.5. The van der Waals surface area contributed by atoms with Crippen molar-refractivity contribution < 1.29 is 9.18 Å². The van der Waals surface area contributed by atoms with E-state index in [1.807, 2.05) is 35.2 Å². The summed E-state index contributed by atoms with van der Waals surface area (Å²) in [5, 5.41) is 1.90. The number of anilines is 1. The van der Waals surface area contributed by atoms with Crippen LogP contribution < -0.4 is 4.90 Å². The van der Waals surface area contributed by atoms with Gasteiger partial charge in [-0.05, 0) is 30.3 Å². The van der Waals surface area contributed by atoms with E-state index in [0.717, 1.165) is 26.4 Å². The Labute approximate surface area is 189 Å². The summed E-state index contributed by atoms with van der Waals surface area (Å²) in [5.41, 5.74) is 1.92. The van der Waals surface area contributed by atoms with Crippen LogP contribution in [0.5, 0.6) is 0 Å². The van der Waals surface area contributed by atoms with Crippen molar-refractivity contribution in [1.82, 2.24) is 19.9 Å². The Morgan fingerprint density at radius 1 is 1.00 bits per heavy atom. The predicted octanol–water partition coefficient (Wildman–Crippen LogP) is 4.14. The highest BCUT2D eigenvalue weighted by molar-refractivity contribution is 7.99. The van der Waals surface area contributed by atoms with Gasteiger partial charge in [0, 0.05) is 59.9 Å². The Hall–Kier alpha value is -3.39. The van der Waals surface area contributed by atoms with Gasteiger partial charge in [-0.15, -0.1) is 0 Å². The minimum atomic E-state index is -0.274. The van der Waals surface area contributed by atoms with E-state index in [2.05, 4.69) is 19.9 Å². The van der Waals surface area contributed by atoms with Gasteiger partial charge in [-0.2, -0.15) is 0 Å². The van der Waals surface area contributed by atoms with Crippen molar-refractivity contribution in [3.05, 3.63) is 78.4 Å². The summed E-state index contributed by atoms with van der Waals surface area (Å²) < 4.78 is 13.7. The second kappa shape index (κ2) is 9.00. The van der Waals surface area contributed by atoms with Crippen LogP contribution in [0.3, 0.4) is 0 Å². The van der Waals surface area contributed by atoms with E-state index in [9.17, 15) is 9.18 Å². The van der Waals surface area contributed by atoms with Crippen LogP contribution in [-0.2, 0) is 11.2 Å². The molecule has 1 N–H and O–H groups in total. The molecular weight excluding hydrogens is 425 g/mol. The fraction of sp³-hybridized carbons (Fsp3) is 0.208. The van der Waals surface area contributed by atoms with Crippen LogP contribution >= 0.6 is 11.8 Å². The van der Waals surface area contributed by atoms with Gasteiger partial charge in [0.05, 0.1) is 11.4 Å². The van der Waals surface area contributed by atoms with Crippen molar-refractivity contribution in [2.45, 2.75) is 16.3 Å². The van der Waals surface area contributed by atoms with E-state index in [-0.39, 0.29) is 11.7 Å².